The molecule has 21 heavy (non-hydrogen) atoms. The summed E-state index contributed by atoms with van der Waals surface area (Å²) >= 11 is 0. The molecule has 1 nitrogen and oxygen atoms in total. The zero-order valence-corrected chi connectivity index (χ0v) is 11.4. The summed E-state index contributed by atoms with van der Waals surface area (Å²) in [4.78, 5) is 12.3. The van der Waals surface area contributed by atoms with Crippen molar-refractivity contribution in [2.45, 2.75) is 20.0 Å². The van der Waals surface area contributed by atoms with Crippen LogP contribution < -0.4 is 0 Å². The van der Waals surface area contributed by atoms with Crippen molar-refractivity contribution < 1.29 is 22.4 Å². The highest BCUT2D eigenvalue weighted by Crippen LogP contribution is 2.31. The first kappa shape index (κ1) is 15.2. The van der Waals surface area contributed by atoms with Crippen molar-refractivity contribution in [3.63, 3.8) is 0 Å². The van der Waals surface area contributed by atoms with Crippen molar-refractivity contribution in [3.05, 3.63) is 70.0 Å². The van der Waals surface area contributed by atoms with Crippen LogP contribution in [0.15, 0.2) is 36.4 Å². The Morgan fingerprint density at radius 3 is 2.14 bits per heavy atom. The van der Waals surface area contributed by atoms with Crippen molar-refractivity contribution in [2.75, 3.05) is 0 Å². The Bertz CT molecular complexity index is 702. The van der Waals surface area contributed by atoms with Crippen molar-refractivity contribution in [3.8, 4) is 0 Å². The van der Waals surface area contributed by atoms with E-state index in [2.05, 4.69) is 0 Å². The Balaban J connectivity index is 2.42. The molecule has 0 fully saturated rings. The molecule has 0 saturated carbocycles. The lowest BCUT2D eigenvalue weighted by Gasteiger charge is -2.11. The largest absolute Gasteiger partial charge is 0.416 e. The standard InChI is InChI=1S/C16H12F4O/c1-9-8-12(16(18,19)20)4-5-13(9)15(21)11-3-6-14(17)10(2)7-11/h3-8H,1-2H3. The van der Waals surface area contributed by atoms with E-state index in [9.17, 15) is 22.4 Å². The molecular formula is C16H12F4O. The van der Waals surface area contributed by atoms with Crippen molar-refractivity contribution in [2.24, 2.45) is 0 Å². The molecule has 5 heteroatoms. The first-order chi connectivity index (χ1) is 9.70. The molecule has 0 unspecified atom stereocenters. The van der Waals surface area contributed by atoms with Gasteiger partial charge in [-0.3, -0.25) is 4.79 Å². The summed E-state index contributed by atoms with van der Waals surface area (Å²) < 4.78 is 51.0. The molecule has 0 N–H and O–H groups in total. The second kappa shape index (κ2) is 5.31. The molecule has 0 aliphatic carbocycles. The van der Waals surface area contributed by atoms with Crippen LogP contribution in [0.5, 0.6) is 0 Å². The SMILES string of the molecule is Cc1cc(C(=O)c2ccc(C(F)(F)F)cc2C)ccc1F. The monoisotopic (exact) mass is 296 g/mol. The van der Waals surface area contributed by atoms with Crippen LogP contribution in [0.4, 0.5) is 17.6 Å². The zero-order valence-electron chi connectivity index (χ0n) is 11.4. The second-order valence-corrected chi connectivity index (χ2v) is 4.82. The average molecular weight is 296 g/mol. The van der Waals surface area contributed by atoms with Crippen molar-refractivity contribution in [1.82, 2.24) is 0 Å². The maximum Gasteiger partial charge on any atom is 0.416 e. The van der Waals surface area contributed by atoms with Crippen LogP contribution in [0.2, 0.25) is 0 Å². The van der Waals surface area contributed by atoms with Gasteiger partial charge in [0.2, 0.25) is 0 Å². The molecule has 2 rings (SSSR count). The molecule has 0 spiro atoms. The maximum atomic E-state index is 13.2. The molecule has 0 radical (unpaired) electrons. The Kier molecular flexibility index (Phi) is 3.85. The first-order valence-corrected chi connectivity index (χ1v) is 6.19. The van der Waals surface area contributed by atoms with Gasteiger partial charge in [-0.25, -0.2) is 4.39 Å². The van der Waals surface area contributed by atoms with Gasteiger partial charge < -0.3 is 0 Å². The van der Waals surface area contributed by atoms with Gasteiger partial charge in [0, 0.05) is 11.1 Å². The highest BCUT2D eigenvalue weighted by atomic mass is 19.4. The molecule has 0 atom stereocenters. The number of rotatable bonds is 2. The molecule has 0 heterocycles. The predicted octanol–water partition coefficient (Wildman–Crippen LogP) is 4.69. The van der Waals surface area contributed by atoms with Gasteiger partial charge in [-0.2, -0.15) is 13.2 Å². The fourth-order valence-electron chi connectivity index (χ4n) is 2.04. The predicted molar refractivity (Wildman–Crippen MR) is 70.8 cm³/mol. The van der Waals surface area contributed by atoms with E-state index in [4.69, 9.17) is 0 Å². The van der Waals surface area contributed by atoms with Crippen molar-refractivity contribution >= 4 is 5.78 Å². The summed E-state index contributed by atoms with van der Waals surface area (Å²) in [5.74, 6) is -0.861. The molecule has 0 amide bonds. The van der Waals surface area contributed by atoms with E-state index in [1.54, 1.807) is 0 Å². The Hall–Kier alpha value is -2.17. The molecule has 2 aromatic carbocycles. The fourth-order valence-corrected chi connectivity index (χ4v) is 2.04. The van der Waals surface area contributed by atoms with E-state index in [1.165, 1.54) is 32.0 Å². The van der Waals surface area contributed by atoms with Crippen LogP contribution in [0.1, 0.15) is 32.6 Å². The molecule has 0 aromatic heterocycles. The molecule has 0 aliphatic heterocycles. The maximum absolute atomic E-state index is 13.2. The Labute approximate surface area is 119 Å². The third kappa shape index (κ3) is 3.12. The van der Waals surface area contributed by atoms with Gasteiger partial charge in [0.05, 0.1) is 5.56 Å². The molecule has 110 valence electrons. The smallest absolute Gasteiger partial charge is 0.289 e. The number of aryl methyl sites for hydroxylation is 2. The molecule has 2 aromatic rings. The van der Waals surface area contributed by atoms with Gasteiger partial charge in [0.15, 0.2) is 5.78 Å². The van der Waals surface area contributed by atoms with Gasteiger partial charge in [0.1, 0.15) is 5.82 Å². The van der Waals surface area contributed by atoms with Gasteiger partial charge in [-0.1, -0.05) is 6.07 Å². The van der Waals surface area contributed by atoms with Gasteiger partial charge in [-0.15, -0.1) is 0 Å². The summed E-state index contributed by atoms with van der Waals surface area (Å²) in [6.07, 6.45) is -4.45. The molecule has 0 aliphatic rings. The summed E-state index contributed by atoms with van der Waals surface area (Å²) in [5.41, 5.74) is 0.167. The third-order valence-electron chi connectivity index (χ3n) is 3.22. The van der Waals surface area contributed by atoms with Crippen LogP contribution in [0.3, 0.4) is 0 Å². The first-order valence-electron chi connectivity index (χ1n) is 6.19. The minimum atomic E-state index is -4.45. The lowest BCUT2D eigenvalue weighted by molar-refractivity contribution is -0.137. The number of halogens is 4. The topological polar surface area (TPSA) is 17.1 Å². The highest BCUT2D eigenvalue weighted by Gasteiger charge is 2.31. The fraction of sp³-hybridized carbons (Fsp3) is 0.188. The van der Waals surface area contributed by atoms with Crippen LogP contribution in [-0.4, -0.2) is 5.78 Å². The van der Waals surface area contributed by atoms with Crippen LogP contribution >= 0.6 is 0 Å². The Morgan fingerprint density at radius 1 is 0.952 bits per heavy atom. The number of carbonyl (C=O) groups is 1. The normalized spacial score (nSPS) is 11.5. The minimum absolute atomic E-state index is 0.175. The van der Waals surface area contributed by atoms with E-state index in [0.717, 1.165) is 18.2 Å². The second-order valence-electron chi connectivity index (χ2n) is 4.82. The van der Waals surface area contributed by atoms with E-state index >= 15 is 0 Å². The number of alkyl halides is 3. The van der Waals surface area contributed by atoms with Crippen LogP contribution in [0.25, 0.3) is 0 Å². The summed E-state index contributed by atoms with van der Waals surface area (Å²) in [6, 6.07) is 6.83. The molecule has 0 bridgehead atoms. The number of hydrogen-bond acceptors (Lipinski definition) is 1. The van der Waals surface area contributed by atoms with Gasteiger partial charge in [0.25, 0.3) is 0 Å². The van der Waals surface area contributed by atoms with Crippen molar-refractivity contribution in [1.29, 1.82) is 0 Å². The summed E-state index contributed by atoms with van der Waals surface area (Å²) in [7, 11) is 0. The number of carbonyl (C=O) groups excluding carboxylic acids is 1. The lowest BCUT2D eigenvalue weighted by Crippen LogP contribution is -2.09. The highest BCUT2D eigenvalue weighted by molar-refractivity contribution is 6.10. The molecule has 0 saturated heterocycles. The molecular weight excluding hydrogens is 284 g/mol. The van der Waals surface area contributed by atoms with Crippen LogP contribution in [-0.2, 0) is 6.18 Å². The number of benzene rings is 2. The zero-order chi connectivity index (χ0) is 15.8. The Morgan fingerprint density at radius 2 is 1.62 bits per heavy atom. The third-order valence-corrected chi connectivity index (χ3v) is 3.22. The van der Waals surface area contributed by atoms with Gasteiger partial charge >= 0.3 is 6.18 Å². The quantitative estimate of drug-likeness (QED) is 0.580. The van der Waals surface area contributed by atoms with Crippen LogP contribution in [0, 0.1) is 19.7 Å². The number of hydrogen-bond donors (Lipinski definition) is 0. The average Bonchev–Trinajstić information content (AvgIpc) is 2.40. The van der Waals surface area contributed by atoms with E-state index < -0.39 is 23.3 Å². The van der Waals surface area contributed by atoms with E-state index in [-0.39, 0.29) is 16.7 Å². The summed E-state index contributed by atoms with van der Waals surface area (Å²) in [6.45, 7) is 2.96. The van der Waals surface area contributed by atoms with E-state index in [1.807, 2.05) is 0 Å². The summed E-state index contributed by atoms with van der Waals surface area (Å²) in [5, 5.41) is 0. The number of ketones is 1. The minimum Gasteiger partial charge on any atom is -0.289 e. The lowest BCUT2D eigenvalue weighted by atomic mass is 9.96. The van der Waals surface area contributed by atoms with E-state index in [0.29, 0.717) is 5.56 Å². The van der Waals surface area contributed by atoms with Gasteiger partial charge in [-0.05, 0) is 55.3 Å².